The summed E-state index contributed by atoms with van der Waals surface area (Å²) in [7, 11) is 3.23. The minimum Gasteiger partial charge on any atom is -0.493 e. The number of rotatable bonds is 4. The van der Waals surface area contributed by atoms with Crippen LogP contribution in [0.2, 0.25) is 0 Å². The van der Waals surface area contributed by atoms with Crippen molar-refractivity contribution in [2.45, 2.75) is 22.8 Å². The highest BCUT2D eigenvalue weighted by atomic mass is 35.5. The number of benzene rings is 3. The van der Waals surface area contributed by atoms with Gasteiger partial charge in [-0.1, -0.05) is 77.3 Å². The molecule has 3 aromatic rings. The highest BCUT2D eigenvalue weighted by molar-refractivity contribution is 6.52. The Morgan fingerprint density at radius 2 is 1.57 bits per heavy atom. The molecule has 1 saturated carbocycles. The standard InChI is InChI=1S/C25H22Cl2O3/c1-15-8-10-16(11-9-15)22-18-6-4-5-7-19(18)30-24(23(22)25(24,26)27)17-12-13-20(28-2)21(14-17)29-3/h4-14,22-23H,1-3H3/t22-,23-,24-/m1/s1. The van der Waals surface area contributed by atoms with Gasteiger partial charge in [-0.25, -0.2) is 0 Å². The maximum Gasteiger partial charge on any atom is 0.174 e. The monoisotopic (exact) mass is 440 g/mol. The number of para-hydroxylation sites is 1. The van der Waals surface area contributed by atoms with Gasteiger partial charge < -0.3 is 14.2 Å². The molecule has 3 atom stereocenters. The van der Waals surface area contributed by atoms with E-state index in [2.05, 4.69) is 37.3 Å². The van der Waals surface area contributed by atoms with Crippen molar-refractivity contribution in [3.8, 4) is 17.2 Å². The molecule has 30 heavy (non-hydrogen) atoms. The zero-order valence-corrected chi connectivity index (χ0v) is 18.5. The van der Waals surface area contributed by atoms with Crippen LogP contribution in [0.5, 0.6) is 17.2 Å². The largest absolute Gasteiger partial charge is 0.493 e. The molecule has 0 spiro atoms. The van der Waals surface area contributed by atoms with Gasteiger partial charge in [0.25, 0.3) is 0 Å². The summed E-state index contributed by atoms with van der Waals surface area (Å²) in [6.45, 7) is 2.08. The van der Waals surface area contributed by atoms with E-state index in [0.717, 1.165) is 16.9 Å². The van der Waals surface area contributed by atoms with Crippen LogP contribution in [0, 0.1) is 12.8 Å². The third-order valence-electron chi connectivity index (χ3n) is 6.35. The fourth-order valence-electron chi connectivity index (χ4n) is 4.81. The van der Waals surface area contributed by atoms with E-state index in [0.29, 0.717) is 11.5 Å². The lowest BCUT2D eigenvalue weighted by Gasteiger charge is -2.32. The van der Waals surface area contributed by atoms with Crippen LogP contribution in [-0.4, -0.2) is 18.6 Å². The first-order valence-corrected chi connectivity index (χ1v) is 10.6. The lowest BCUT2D eigenvalue weighted by molar-refractivity contribution is 0.137. The second-order valence-electron chi connectivity index (χ2n) is 7.93. The van der Waals surface area contributed by atoms with Gasteiger partial charge in [-0.15, -0.1) is 0 Å². The molecule has 1 heterocycles. The van der Waals surface area contributed by atoms with E-state index in [1.165, 1.54) is 11.1 Å². The molecule has 3 aromatic carbocycles. The average molecular weight is 441 g/mol. The molecular formula is C25H22Cl2O3. The van der Waals surface area contributed by atoms with Gasteiger partial charge in [0.2, 0.25) is 0 Å². The first-order chi connectivity index (χ1) is 14.4. The van der Waals surface area contributed by atoms with E-state index < -0.39 is 9.93 Å². The molecule has 5 rings (SSSR count). The van der Waals surface area contributed by atoms with Crippen LogP contribution in [0.1, 0.15) is 28.2 Å². The Hall–Kier alpha value is -2.36. The number of methoxy groups -OCH3 is 2. The number of hydrogen-bond donors (Lipinski definition) is 0. The highest BCUT2D eigenvalue weighted by Gasteiger charge is 2.83. The first-order valence-electron chi connectivity index (χ1n) is 9.89. The van der Waals surface area contributed by atoms with Gasteiger partial charge in [0.15, 0.2) is 21.4 Å². The van der Waals surface area contributed by atoms with Gasteiger partial charge in [-0.05, 0) is 30.7 Å². The molecule has 0 saturated heterocycles. The predicted octanol–water partition coefficient (Wildman–Crippen LogP) is 6.24. The Morgan fingerprint density at radius 3 is 2.27 bits per heavy atom. The lowest BCUT2D eigenvalue weighted by atomic mass is 9.82. The molecule has 0 bridgehead atoms. The summed E-state index contributed by atoms with van der Waals surface area (Å²) in [6, 6.07) is 22.4. The second kappa shape index (κ2) is 6.83. The maximum atomic E-state index is 7.01. The Balaban J connectivity index is 1.70. The van der Waals surface area contributed by atoms with Crippen molar-refractivity contribution >= 4 is 23.2 Å². The van der Waals surface area contributed by atoms with Gasteiger partial charge in [-0.3, -0.25) is 0 Å². The molecule has 2 aliphatic rings. The van der Waals surface area contributed by atoms with Crippen LogP contribution in [0.15, 0.2) is 66.7 Å². The molecule has 0 radical (unpaired) electrons. The number of aryl methyl sites for hydroxylation is 1. The van der Waals surface area contributed by atoms with Crippen LogP contribution in [-0.2, 0) is 5.60 Å². The topological polar surface area (TPSA) is 27.7 Å². The molecule has 0 aromatic heterocycles. The van der Waals surface area contributed by atoms with E-state index in [1.807, 2.05) is 36.4 Å². The maximum absolute atomic E-state index is 7.01. The molecule has 3 nitrogen and oxygen atoms in total. The fourth-order valence-corrected chi connectivity index (χ4v) is 5.79. The van der Waals surface area contributed by atoms with E-state index in [-0.39, 0.29) is 11.8 Å². The van der Waals surface area contributed by atoms with E-state index in [4.69, 9.17) is 37.4 Å². The number of hydrogen-bond acceptors (Lipinski definition) is 3. The summed E-state index contributed by atoms with van der Waals surface area (Å²) >= 11 is 14.0. The van der Waals surface area contributed by atoms with Crippen molar-refractivity contribution in [2.75, 3.05) is 14.2 Å². The molecule has 1 aliphatic carbocycles. The summed E-state index contributed by atoms with van der Waals surface area (Å²) < 4.78 is 16.4. The fraction of sp³-hybridized carbons (Fsp3) is 0.280. The van der Waals surface area contributed by atoms with Crippen molar-refractivity contribution in [3.05, 3.63) is 89.0 Å². The SMILES string of the molecule is COc1ccc([C@@]23Oc4ccccc4[C@@H](c4ccc(C)cc4)[C@H]2C3(Cl)Cl)cc1OC. The van der Waals surface area contributed by atoms with Crippen molar-refractivity contribution in [1.82, 2.24) is 0 Å². The minimum atomic E-state index is -1.10. The summed E-state index contributed by atoms with van der Waals surface area (Å²) in [4.78, 5) is 0. The van der Waals surface area contributed by atoms with Crippen LogP contribution < -0.4 is 14.2 Å². The molecular weight excluding hydrogens is 419 g/mol. The minimum absolute atomic E-state index is 0.0126. The Morgan fingerprint density at radius 1 is 0.867 bits per heavy atom. The third-order valence-corrected chi connectivity index (χ3v) is 7.38. The Bertz CT molecular complexity index is 1110. The lowest BCUT2D eigenvalue weighted by Crippen LogP contribution is -2.29. The molecule has 1 aliphatic heterocycles. The van der Waals surface area contributed by atoms with Gasteiger partial charge in [-0.2, -0.15) is 0 Å². The van der Waals surface area contributed by atoms with E-state index in [1.54, 1.807) is 14.2 Å². The molecule has 1 fully saturated rings. The van der Waals surface area contributed by atoms with Crippen molar-refractivity contribution in [1.29, 1.82) is 0 Å². The van der Waals surface area contributed by atoms with E-state index >= 15 is 0 Å². The highest BCUT2D eigenvalue weighted by Crippen LogP contribution is 2.77. The van der Waals surface area contributed by atoms with Crippen LogP contribution >= 0.6 is 23.2 Å². The zero-order valence-electron chi connectivity index (χ0n) is 17.0. The van der Waals surface area contributed by atoms with Gasteiger partial charge >= 0.3 is 0 Å². The van der Waals surface area contributed by atoms with Crippen LogP contribution in [0.25, 0.3) is 0 Å². The summed E-state index contributed by atoms with van der Waals surface area (Å²) in [5, 5.41) is 0. The second-order valence-corrected chi connectivity index (χ2v) is 9.32. The summed E-state index contributed by atoms with van der Waals surface area (Å²) in [5.74, 6) is 1.93. The summed E-state index contributed by atoms with van der Waals surface area (Å²) in [6.07, 6.45) is 0. The Kier molecular flexibility index (Phi) is 4.46. The average Bonchev–Trinajstić information content (AvgIpc) is 3.27. The quantitative estimate of drug-likeness (QED) is 0.449. The number of ether oxygens (including phenoxy) is 3. The van der Waals surface area contributed by atoms with Gasteiger partial charge in [0.05, 0.1) is 20.1 Å². The van der Waals surface area contributed by atoms with Crippen LogP contribution in [0.3, 0.4) is 0 Å². The predicted molar refractivity (Wildman–Crippen MR) is 119 cm³/mol. The third kappa shape index (κ3) is 2.58. The smallest absolute Gasteiger partial charge is 0.174 e. The first kappa shape index (κ1) is 19.6. The molecule has 0 unspecified atom stereocenters. The zero-order chi connectivity index (χ0) is 21.1. The molecule has 0 amide bonds. The number of alkyl halides is 2. The van der Waals surface area contributed by atoms with Crippen molar-refractivity contribution in [3.63, 3.8) is 0 Å². The van der Waals surface area contributed by atoms with Crippen molar-refractivity contribution < 1.29 is 14.2 Å². The normalized spacial score (nSPS) is 25.5. The molecule has 0 N–H and O–H groups in total. The molecule has 154 valence electrons. The van der Waals surface area contributed by atoms with E-state index in [9.17, 15) is 0 Å². The van der Waals surface area contributed by atoms with Gasteiger partial charge in [0, 0.05) is 17.0 Å². The number of fused-ring (bicyclic) bond motifs is 2. The van der Waals surface area contributed by atoms with Gasteiger partial charge in [0.1, 0.15) is 5.75 Å². The van der Waals surface area contributed by atoms with Crippen LogP contribution in [0.4, 0.5) is 0 Å². The Labute approximate surface area is 186 Å². The number of halogens is 2. The molecule has 5 heteroatoms. The van der Waals surface area contributed by atoms with Crippen molar-refractivity contribution in [2.24, 2.45) is 5.92 Å². The summed E-state index contributed by atoms with van der Waals surface area (Å²) in [5.41, 5.74) is 3.49.